The largest absolute Gasteiger partial charge is 0.496 e. The molecule has 0 saturated carbocycles. The Kier molecular flexibility index (Phi) is 5.48. The second-order valence-corrected chi connectivity index (χ2v) is 6.12. The van der Waals surface area contributed by atoms with Crippen LogP contribution in [-0.2, 0) is 11.3 Å². The maximum Gasteiger partial charge on any atom is 0.244 e. The van der Waals surface area contributed by atoms with Crippen molar-refractivity contribution in [3.63, 3.8) is 0 Å². The predicted molar refractivity (Wildman–Crippen MR) is 97.8 cm³/mol. The van der Waals surface area contributed by atoms with E-state index in [2.05, 4.69) is 20.7 Å². The Morgan fingerprint density at radius 1 is 1.27 bits per heavy atom. The average molecular weight is 372 g/mol. The van der Waals surface area contributed by atoms with Gasteiger partial charge in [-0.05, 0) is 30.3 Å². The van der Waals surface area contributed by atoms with E-state index in [4.69, 9.17) is 16.3 Å². The SMILES string of the molecule is COc1ccccc1[C@H](C)NC(=O)Cn1nnc(-c2cccc(Cl)c2)n1. The Bertz CT molecular complexity index is 912. The van der Waals surface area contributed by atoms with Gasteiger partial charge in [0.2, 0.25) is 11.7 Å². The number of nitrogens with one attached hydrogen (secondary N) is 1. The molecular weight excluding hydrogens is 354 g/mol. The van der Waals surface area contributed by atoms with Gasteiger partial charge in [-0.15, -0.1) is 10.2 Å². The van der Waals surface area contributed by atoms with Crippen molar-refractivity contribution >= 4 is 17.5 Å². The highest BCUT2D eigenvalue weighted by atomic mass is 35.5. The number of nitrogens with zero attached hydrogens (tertiary/aromatic N) is 4. The Morgan fingerprint density at radius 3 is 2.85 bits per heavy atom. The van der Waals surface area contributed by atoms with Gasteiger partial charge >= 0.3 is 0 Å². The molecule has 0 spiro atoms. The van der Waals surface area contributed by atoms with Crippen molar-refractivity contribution in [3.8, 4) is 17.1 Å². The van der Waals surface area contributed by atoms with Gasteiger partial charge in [0, 0.05) is 16.1 Å². The van der Waals surface area contributed by atoms with Crippen LogP contribution in [0.25, 0.3) is 11.4 Å². The number of hydrogen-bond donors (Lipinski definition) is 1. The van der Waals surface area contributed by atoms with Gasteiger partial charge in [-0.25, -0.2) is 0 Å². The molecule has 7 nitrogen and oxygen atoms in total. The lowest BCUT2D eigenvalue weighted by atomic mass is 10.1. The summed E-state index contributed by atoms with van der Waals surface area (Å²) in [7, 11) is 1.60. The van der Waals surface area contributed by atoms with E-state index >= 15 is 0 Å². The number of halogens is 1. The summed E-state index contributed by atoms with van der Waals surface area (Å²) in [5.41, 5.74) is 1.64. The molecule has 1 heterocycles. The standard InChI is InChI=1S/C18H18ClN5O2/c1-12(15-8-3-4-9-16(15)26-2)20-17(25)11-24-22-18(21-23-24)13-6-5-7-14(19)10-13/h3-10,12H,11H2,1-2H3,(H,20,25)/t12-/m0/s1. The third-order valence-corrected chi connectivity index (χ3v) is 4.04. The van der Waals surface area contributed by atoms with Crippen molar-refractivity contribution < 1.29 is 9.53 Å². The Hall–Kier alpha value is -2.93. The Balaban J connectivity index is 1.65. The summed E-state index contributed by atoms with van der Waals surface area (Å²) in [5, 5.41) is 15.6. The fourth-order valence-corrected chi connectivity index (χ4v) is 2.76. The van der Waals surface area contributed by atoms with Crippen molar-refractivity contribution in [2.75, 3.05) is 7.11 Å². The van der Waals surface area contributed by atoms with Crippen LogP contribution in [0.4, 0.5) is 0 Å². The van der Waals surface area contributed by atoms with E-state index in [1.807, 2.05) is 37.3 Å². The van der Waals surface area contributed by atoms with E-state index in [0.717, 1.165) is 16.9 Å². The molecule has 0 bridgehead atoms. The molecule has 0 radical (unpaired) electrons. The van der Waals surface area contributed by atoms with Crippen LogP contribution in [0.3, 0.4) is 0 Å². The zero-order valence-corrected chi connectivity index (χ0v) is 15.1. The summed E-state index contributed by atoms with van der Waals surface area (Å²) in [4.78, 5) is 13.5. The van der Waals surface area contributed by atoms with Crippen LogP contribution in [0.1, 0.15) is 18.5 Å². The predicted octanol–water partition coefficient (Wildman–Crippen LogP) is 2.88. The first-order chi connectivity index (χ1) is 12.6. The molecule has 134 valence electrons. The monoisotopic (exact) mass is 371 g/mol. The van der Waals surface area contributed by atoms with Crippen LogP contribution >= 0.6 is 11.6 Å². The number of amides is 1. The van der Waals surface area contributed by atoms with Crippen LogP contribution in [0.5, 0.6) is 5.75 Å². The fraction of sp³-hybridized carbons (Fsp3) is 0.222. The molecule has 8 heteroatoms. The van der Waals surface area contributed by atoms with Crippen LogP contribution in [0.2, 0.25) is 5.02 Å². The molecule has 26 heavy (non-hydrogen) atoms. The molecule has 1 amide bonds. The Morgan fingerprint density at radius 2 is 2.08 bits per heavy atom. The van der Waals surface area contributed by atoms with Gasteiger partial charge < -0.3 is 10.1 Å². The minimum absolute atomic E-state index is 0.0347. The van der Waals surface area contributed by atoms with E-state index < -0.39 is 0 Å². The second-order valence-electron chi connectivity index (χ2n) is 5.68. The van der Waals surface area contributed by atoms with Crippen LogP contribution in [-0.4, -0.2) is 33.2 Å². The minimum atomic E-state index is -0.224. The molecule has 3 aromatic rings. The third-order valence-electron chi connectivity index (χ3n) is 3.80. The molecule has 0 unspecified atom stereocenters. The van der Waals surface area contributed by atoms with E-state index in [1.165, 1.54) is 4.80 Å². The first-order valence-corrected chi connectivity index (χ1v) is 8.40. The van der Waals surface area contributed by atoms with Crippen molar-refractivity contribution in [3.05, 3.63) is 59.1 Å². The number of benzene rings is 2. The quantitative estimate of drug-likeness (QED) is 0.720. The average Bonchev–Trinajstić information content (AvgIpc) is 3.10. The summed E-state index contributed by atoms with van der Waals surface area (Å²) in [6, 6.07) is 14.5. The summed E-state index contributed by atoms with van der Waals surface area (Å²) < 4.78 is 5.33. The summed E-state index contributed by atoms with van der Waals surface area (Å²) in [6.07, 6.45) is 0. The first-order valence-electron chi connectivity index (χ1n) is 8.03. The van der Waals surface area contributed by atoms with Crippen molar-refractivity contribution in [2.45, 2.75) is 19.5 Å². The molecule has 3 rings (SSSR count). The molecule has 1 atom stereocenters. The van der Waals surface area contributed by atoms with Gasteiger partial charge in [0.15, 0.2) is 0 Å². The lowest BCUT2D eigenvalue weighted by Crippen LogP contribution is -2.31. The van der Waals surface area contributed by atoms with Crippen LogP contribution in [0, 0.1) is 0 Å². The highest BCUT2D eigenvalue weighted by molar-refractivity contribution is 6.30. The summed E-state index contributed by atoms with van der Waals surface area (Å²) >= 11 is 5.97. The van der Waals surface area contributed by atoms with E-state index in [1.54, 1.807) is 25.3 Å². The number of para-hydroxylation sites is 1. The van der Waals surface area contributed by atoms with Crippen LogP contribution < -0.4 is 10.1 Å². The first kappa shape index (κ1) is 17.9. The topological polar surface area (TPSA) is 81.9 Å². The highest BCUT2D eigenvalue weighted by Crippen LogP contribution is 2.24. The number of rotatable bonds is 6. The molecule has 0 saturated heterocycles. The third kappa shape index (κ3) is 4.18. The fourth-order valence-electron chi connectivity index (χ4n) is 2.57. The number of carbonyl (C=O) groups excluding carboxylic acids is 1. The maximum absolute atomic E-state index is 12.3. The van der Waals surface area contributed by atoms with E-state index in [9.17, 15) is 4.79 Å². The van der Waals surface area contributed by atoms with E-state index in [0.29, 0.717) is 10.8 Å². The lowest BCUT2D eigenvalue weighted by Gasteiger charge is -2.16. The molecule has 0 aliphatic heterocycles. The molecule has 0 aliphatic rings. The van der Waals surface area contributed by atoms with Gasteiger partial charge in [-0.2, -0.15) is 4.80 Å². The second kappa shape index (κ2) is 7.97. The van der Waals surface area contributed by atoms with Crippen molar-refractivity contribution in [1.29, 1.82) is 0 Å². The molecule has 0 aliphatic carbocycles. The molecule has 1 aromatic heterocycles. The number of aromatic nitrogens is 4. The summed E-state index contributed by atoms with van der Waals surface area (Å²) in [6.45, 7) is 1.86. The maximum atomic E-state index is 12.3. The van der Waals surface area contributed by atoms with Crippen LogP contribution in [0.15, 0.2) is 48.5 Å². The normalized spacial score (nSPS) is 11.8. The number of methoxy groups -OCH3 is 1. The van der Waals surface area contributed by atoms with Crippen molar-refractivity contribution in [2.24, 2.45) is 0 Å². The molecule has 2 aromatic carbocycles. The van der Waals surface area contributed by atoms with Gasteiger partial charge in [0.25, 0.3) is 0 Å². The number of ether oxygens (including phenoxy) is 1. The highest BCUT2D eigenvalue weighted by Gasteiger charge is 2.15. The number of hydrogen-bond acceptors (Lipinski definition) is 5. The van der Waals surface area contributed by atoms with Gasteiger partial charge in [-0.3, -0.25) is 4.79 Å². The zero-order valence-electron chi connectivity index (χ0n) is 14.4. The molecular formula is C18H18ClN5O2. The summed E-state index contributed by atoms with van der Waals surface area (Å²) in [5.74, 6) is 0.916. The van der Waals surface area contributed by atoms with Gasteiger partial charge in [0.05, 0.1) is 13.2 Å². The number of carbonyl (C=O) groups is 1. The Labute approximate surface area is 155 Å². The number of tetrazole rings is 1. The minimum Gasteiger partial charge on any atom is -0.496 e. The molecule has 0 fully saturated rings. The van der Waals surface area contributed by atoms with Gasteiger partial charge in [0.1, 0.15) is 12.3 Å². The van der Waals surface area contributed by atoms with Crippen molar-refractivity contribution in [1.82, 2.24) is 25.5 Å². The molecule has 1 N–H and O–H groups in total. The van der Waals surface area contributed by atoms with Gasteiger partial charge in [-0.1, -0.05) is 41.9 Å². The smallest absolute Gasteiger partial charge is 0.244 e. The lowest BCUT2D eigenvalue weighted by molar-refractivity contribution is -0.122. The van der Waals surface area contributed by atoms with E-state index in [-0.39, 0.29) is 18.5 Å². The zero-order chi connectivity index (χ0) is 18.5.